The fourth-order valence-corrected chi connectivity index (χ4v) is 3.83. The number of rotatable bonds is 4. The largest absolute Gasteiger partial charge is 0.323 e. The molecule has 0 aromatic heterocycles. The fourth-order valence-electron chi connectivity index (χ4n) is 3.61. The van der Waals surface area contributed by atoms with Gasteiger partial charge in [0.05, 0.1) is 16.2 Å². The zero-order valence-electron chi connectivity index (χ0n) is 14.1. The second-order valence-corrected chi connectivity index (χ2v) is 7.07. The van der Waals surface area contributed by atoms with E-state index in [4.69, 9.17) is 11.6 Å². The molecule has 1 aliphatic carbocycles. The Bertz CT molecular complexity index is 526. The predicted molar refractivity (Wildman–Crippen MR) is 92.2 cm³/mol. The minimum atomic E-state index is -0.295. The average Bonchev–Trinajstić information content (AvgIpc) is 2.53. The highest BCUT2D eigenvalue weighted by molar-refractivity contribution is 6.33. The first-order valence-corrected chi connectivity index (χ1v) is 8.47. The highest BCUT2D eigenvalue weighted by Crippen LogP contribution is 2.38. The van der Waals surface area contributed by atoms with Crippen LogP contribution < -0.4 is 0 Å². The zero-order chi connectivity index (χ0) is 16.3. The van der Waals surface area contributed by atoms with Crippen LogP contribution in [-0.2, 0) is 0 Å². The predicted octanol–water partition coefficient (Wildman–Crippen LogP) is 4.27. The second-order valence-electron chi connectivity index (χ2n) is 6.67. The molecule has 22 heavy (non-hydrogen) atoms. The van der Waals surface area contributed by atoms with Crippen molar-refractivity contribution in [2.45, 2.75) is 44.7 Å². The Morgan fingerprint density at radius 3 is 2.27 bits per heavy atom. The molecule has 0 N–H and O–H groups in total. The highest BCUT2D eigenvalue weighted by Gasteiger charge is 2.42. The number of halogens is 1. The summed E-state index contributed by atoms with van der Waals surface area (Å²) in [6, 6.07) is 7.29. The van der Waals surface area contributed by atoms with Crippen molar-refractivity contribution in [1.29, 1.82) is 0 Å². The van der Waals surface area contributed by atoms with Gasteiger partial charge in [-0.3, -0.25) is 9.69 Å². The Balaban J connectivity index is 2.31. The first-order valence-electron chi connectivity index (χ1n) is 8.09. The van der Waals surface area contributed by atoms with Gasteiger partial charge in [-0.15, -0.1) is 0 Å². The molecular weight excluding hydrogens is 296 g/mol. The van der Waals surface area contributed by atoms with Crippen LogP contribution in [0, 0.1) is 5.92 Å². The summed E-state index contributed by atoms with van der Waals surface area (Å²) in [4.78, 5) is 17.0. The third-order valence-corrected chi connectivity index (χ3v) is 5.70. The van der Waals surface area contributed by atoms with Crippen LogP contribution in [0.15, 0.2) is 24.3 Å². The lowest BCUT2D eigenvalue weighted by molar-refractivity contribution is -0.0443. The number of carbonyl (C=O) groups is 1. The molecule has 1 unspecified atom stereocenters. The van der Waals surface area contributed by atoms with E-state index in [1.165, 1.54) is 32.1 Å². The quantitative estimate of drug-likeness (QED) is 0.773. The van der Waals surface area contributed by atoms with Gasteiger partial charge >= 0.3 is 0 Å². The first kappa shape index (κ1) is 17.3. The molecule has 0 spiro atoms. The third kappa shape index (κ3) is 3.16. The monoisotopic (exact) mass is 322 g/mol. The van der Waals surface area contributed by atoms with Gasteiger partial charge in [0.2, 0.25) is 0 Å². The Morgan fingerprint density at radius 1 is 1.14 bits per heavy atom. The molecule has 4 heteroatoms. The number of amides is 1. The highest BCUT2D eigenvalue weighted by atomic mass is 35.5. The summed E-state index contributed by atoms with van der Waals surface area (Å²) in [6.07, 6.45) is 6.16. The summed E-state index contributed by atoms with van der Waals surface area (Å²) in [6.45, 7) is 2.18. The van der Waals surface area contributed by atoms with Crippen molar-refractivity contribution < 1.29 is 4.79 Å². The molecule has 1 aliphatic rings. The standard InChI is InChI=1S/C18H27ClN2O/c1-18(20(2)3,14-10-6-5-7-11-14)21(4)17(22)15-12-8-9-13-16(15)19/h8-9,12-14H,5-7,10-11H2,1-4H3. The van der Waals surface area contributed by atoms with Gasteiger partial charge in [0.1, 0.15) is 0 Å². The van der Waals surface area contributed by atoms with Gasteiger partial charge in [0, 0.05) is 7.05 Å². The van der Waals surface area contributed by atoms with E-state index in [-0.39, 0.29) is 11.6 Å². The van der Waals surface area contributed by atoms with Crippen molar-refractivity contribution in [2.24, 2.45) is 5.92 Å². The van der Waals surface area contributed by atoms with Gasteiger partial charge < -0.3 is 4.90 Å². The second kappa shape index (κ2) is 7.01. The van der Waals surface area contributed by atoms with E-state index in [9.17, 15) is 4.79 Å². The van der Waals surface area contributed by atoms with E-state index < -0.39 is 0 Å². The zero-order valence-corrected chi connectivity index (χ0v) is 14.9. The van der Waals surface area contributed by atoms with Crippen molar-refractivity contribution in [2.75, 3.05) is 21.1 Å². The van der Waals surface area contributed by atoms with Gasteiger partial charge in [0.25, 0.3) is 5.91 Å². The lowest BCUT2D eigenvalue weighted by Crippen LogP contribution is -2.61. The molecule has 0 radical (unpaired) electrons. The van der Waals surface area contributed by atoms with E-state index in [2.05, 4.69) is 25.9 Å². The molecule has 1 amide bonds. The molecule has 0 aliphatic heterocycles. The summed E-state index contributed by atoms with van der Waals surface area (Å²) < 4.78 is 0. The SMILES string of the molecule is CN(C)C(C)(C1CCCCC1)N(C)C(=O)c1ccccc1Cl. The molecule has 1 aromatic rings. The molecular formula is C18H27ClN2O. The van der Waals surface area contributed by atoms with Crippen LogP contribution in [0.1, 0.15) is 49.4 Å². The summed E-state index contributed by atoms with van der Waals surface area (Å²) in [5, 5.41) is 0.518. The van der Waals surface area contributed by atoms with Crippen molar-refractivity contribution in [1.82, 2.24) is 9.80 Å². The average molecular weight is 323 g/mol. The Kier molecular flexibility index (Phi) is 5.51. The van der Waals surface area contributed by atoms with Crippen LogP contribution in [0.25, 0.3) is 0 Å². The minimum absolute atomic E-state index is 0.00706. The van der Waals surface area contributed by atoms with Gasteiger partial charge in [-0.05, 0) is 51.9 Å². The van der Waals surface area contributed by atoms with Crippen molar-refractivity contribution >= 4 is 17.5 Å². The molecule has 2 rings (SSSR count). The van der Waals surface area contributed by atoms with Crippen LogP contribution in [0.3, 0.4) is 0 Å². The minimum Gasteiger partial charge on any atom is -0.323 e. The summed E-state index contributed by atoms with van der Waals surface area (Å²) in [5.41, 5.74) is 0.284. The van der Waals surface area contributed by atoms with Gasteiger partial charge in [-0.25, -0.2) is 0 Å². The van der Waals surface area contributed by atoms with E-state index in [1.54, 1.807) is 12.1 Å². The van der Waals surface area contributed by atoms with Crippen LogP contribution in [0.4, 0.5) is 0 Å². The number of carbonyl (C=O) groups excluding carboxylic acids is 1. The molecule has 1 fully saturated rings. The molecule has 1 atom stereocenters. The fraction of sp³-hybridized carbons (Fsp3) is 0.611. The molecule has 1 saturated carbocycles. The van der Waals surface area contributed by atoms with Gasteiger partial charge in [-0.1, -0.05) is 43.0 Å². The van der Waals surface area contributed by atoms with Crippen LogP contribution in [0.5, 0.6) is 0 Å². The Morgan fingerprint density at radius 2 is 1.73 bits per heavy atom. The third-order valence-electron chi connectivity index (χ3n) is 5.37. The van der Waals surface area contributed by atoms with E-state index in [0.29, 0.717) is 16.5 Å². The lowest BCUT2D eigenvalue weighted by atomic mass is 9.79. The normalized spacial score (nSPS) is 19.0. The Hall–Kier alpha value is -1.06. The molecule has 0 saturated heterocycles. The maximum Gasteiger partial charge on any atom is 0.256 e. The smallest absolute Gasteiger partial charge is 0.256 e. The summed E-state index contributed by atoms with van der Waals surface area (Å²) in [7, 11) is 6.02. The Labute approximate surface area is 139 Å². The van der Waals surface area contributed by atoms with E-state index in [1.807, 2.05) is 24.1 Å². The maximum atomic E-state index is 13.0. The van der Waals surface area contributed by atoms with Crippen LogP contribution >= 0.6 is 11.6 Å². The van der Waals surface area contributed by atoms with Gasteiger partial charge in [0.15, 0.2) is 0 Å². The topological polar surface area (TPSA) is 23.6 Å². The molecule has 0 bridgehead atoms. The lowest BCUT2D eigenvalue weighted by Gasteiger charge is -2.50. The number of hydrogen-bond donors (Lipinski definition) is 0. The molecule has 3 nitrogen and oxygen atoms in total. The first-order chi connectivity index (χ1) is 10.4. The van der Waals surface area contributed by atoms with Crippen molar-refractivity contribution in [3.05, 3.63) is 34.9 Å². The van der Waals surface area contributed by atoms with Crippen LogP contribution in [-0.4, -0.2) is 42.5 Å². The van der Waals surface area contributed by atoms with Crippen molar-refractivity contribution in [3.63, 3.8) is 0 Å². The van der Waals surface area contributed by atoms with Crippen molar-refractivity contribution in [3.8, 4) is 0 Å². The van der Waals surface area contributed by atoms with E-state index >= 15 is 0 Å². The maximum absolute atomic E-state index is 13.0. The molecule has 122 valence electrons. The number of benzene rings is 1. The van der Waals surface area contributed by atoms with Crippen LogP contribution in [0.2, 0.25) is 5.02 Å². The number of nitrogens with zero attached hydrogens (tertiary/aromatic N) is 2. The molecule has 0 heterocycles. The molecule has 1 aromatic carbocycles. The summed E-state index contributed by atoms with van der Waals surface area (Å²) in [5.74, 6) is 0.486. The summed E-state index contributed by atoms with van der Waals surface area (Å²) >= 11 is 6.22. The number of hydrogen-bond acceptors (Lipinski definition) is 2. The van der Waals surface area contributed by atoms with E-state index in [0.717, 1.165) is 0 Å². The van der Waals surface area contributed by atoms with Gasteiger partial charge in [-0.2, -0.15) is 0 Å².